The highest BCUT2D eigenvalue weighted by atomic mass is 16.5. The molecule has 0 aliphatic carbocycles. The molecule has 3 amide bonds. The second kappa shape index (κ2) is 12.1. The van der Waals surface area contributed by atoms with Crippen molar-refractivity contribution in [2.24, 2.45) is 16.3 Å². The molecule has 9 nitrogen and oxygen atoms in total. The number of amides is 3. The minimum Gasteiger partial charge on any atom is -0.374 e. The van der Waals surface area contributed by atoms with Crippen molar-refractivity contribution in [3.05, 3.63) is 83.9 Å². The number of nitrogens with zero attached hydrogens (tertiary/aromatic N) is 3. The van der Waals surface area contributed by atoms with Gasteiger partial charge in [-0.1, -0.05) is 66.7 Å². The van der Waals surface area contributed by atoms with Crippen molar-refractivity contribution < 1.29 is 19.1 Å². The van der Waals surface area contributed by atoms with E-state index in [4.69, 9.17) is 10.5 Å². The van der Waals surface area contributed by atoms with Crippen LogP contribution >= 0.6 is 0 Å². The number of fused-ring (bicyclic) bond motifs is 1. The summed E-state index contributed by atoms with van der Waals surface area (Å²) >= 11 is 0. The second-order valence-electron chi connectivity index (χ2n) is 9.91. The van der Waals surface area contributed by atoms with Crippen molar-refractivity contribution in [2.75, 3.05) is 26.7 Å². The van der Waals surface area contributed by atoms with Crippen LogP contribution in [-0.4, -0.2) is 72.2 Å². The third kappa shape index (κ3) is 6.35. The highest BCUT2D eigenvalue weighted by Crippen LogP contribution is 2.38. The number of nitrogens with two attached hydrogens (primary N) is 1. The number of piperidine rings is 1. The molecule has 2 aromatic carbocycles. The van der Waals surface area contributed by atoms with Crippen molar-refractivity contribution in [3.63, 3.8) is 0 Å². The zero-order valence-corrected chi connectivity index (χ0v) is 21.9. The molecular formula is C29H35N5O4. The topological polar surface area (TPSA) is 117 Å². The van der Waals surface area contributed by atoms with Gasteiger partial charge in [0.15, 0.2) is 0 Å². The van der Waals surface area contributed by atoms with Gasteiger partial charge in [0.2, 0.25) is 11.8 Å². The van der Waals surface area contributed by atoms with Gasteiger partial charge in [-0.3, -0.25) is 14.4 Å². The molecule has 2 aliphatic rings. The van der Waals surface area contributed by atoms with Crippen molar-refractivity contribution in [3.8, 4) is 0 Å². The minimum atomic E-state index is -0.932. The van der Waals surface area contributed by atoms with Gasteiger partial charge in [-0.2, -0.15) is 5.10 Å². The van der Waals surface area contributed by atoms with E-state index in [0.29, 0.717) is 26.0 Å². The van der Waals surface area contributed by atoms with Crippen molar-refractivity contribution in [1.82, 2.24) is 15.2 Å². The Morgan fingerprint density at radius 3 is 2.45 bits per heavy atom. The van der Waals surface area contributed by atoms with Gasteiger partial charge in [0.1, 0.15) is 11.5 Å². The van der Waals surface area contributed by atoms with Crippen LogP contribution in [0.3, 0.4) is 0 Å². The lowest BCUT2D eigenvalue weighted by molar-refractivity contribution is -0.142. The summed E-state index contributed by atoms with van der Waals surface area (Å²) < 4.78 is 5.86. The predicted octanol–water partition coefficient (Wildman–Crippen LogP) is 1.88. The zero-order valence-electron chi connectivity index (χ0n) is 21.9. The van der Waals surface area contributed by atoms with Gasteiger partial charge in [0.25, 0.3) is 5.91 Å². The van der Waals surface area contributed by atoms with Crippen LogP contribution in [0.2, 0.25) is 0 Å². The Morgan fingerprint density at radius 2 is 1.79 bits per heavy atom. The fourth-order valence-corrected chi connectivity index (χ4v) is 4.94. The van der Waals surface area contributed by atoms with Crippen LogP contribution in [-0.2, 0) is 32.1 Å². The SMILES string of the molecule is CC(N)C=CC(=O)NC(COCc1ccccc1)C(=O)N1CCC2=NN(C)C(=O)C2(Cc2ccccc2)C1. The standard InChI is InChI=1S/C29H35N5O4/c1-21(30)13-14-26(35)31-24(19-38-18-23-11-7-4-8-12-23)27(36)34-16-15-25-29(20-34,28(37)33(2)32-25)17-22-9-5-3-6-10-22/h3-14,21,24H,15-20,30H2,1-2H3,(H,31,35). The summed E-state index contributed by atoms with van der Waals surface area (Å²) in [4.78, 5) is 41.5. The summed E-state index contributed by atoms with van der Waals surface area (Å²) in [5, 5.41) is 8.67. The van der Waals surface area contributed by atoms with Crippen LogP contribution < -0.4 is 11.1 Å². The number of rotatable bonds is 10. The smallest absolute Gasteiger partial charge is 0.256 e. The first-order valence-electron chi connectivity index (χ1n) is 12.8. The lowest BCUT2D eigenvalue weighted by Gasteiger charge is -2.40. The number of benzene rings is 2. The molecule has 0 spiro atoms. The van der Waals surface area contributed by atoms with Gasteiger partial charge in [0, 0.05) is 38.7 Å². The third-order valence-corrected chi connectivity index (χ3v) is 6.83. The molecule has 0 bridgehead atoms. The molecule has 3 N–H and O–H groups in total. The number of ether oxygens (including phenoxy) is 1. The Kier molecular flexibility index (Phi) is 8.70. The molecule has 2 aromatic rings. The summed E-state index contributed by atoms with van der Waals surface area (Å²) in [6.45, 7) is 2.63. The van der Waals surface area contributed by atoms with Gasteiger partial charge in [0.05, 0.1) is 18.9 Å². The number of hydrazone groups is 1. The largest absolute Gasteiger partial charge is 0.374 e. The van der Waals surface area contributed by atoms with Crippen LogP contribution in [0.15, 0.2) is 77.9 Å². The molecule has 1 fully saturated rings. The first kappa shape index (κ1) is 27.2. The van der Waals surface area contributed by atoms with Crippen molar-refractivity contribution in [2.45, 2.75) is 38.5 Å². The summed E-state index contributed by atoms with van der Waals surface area (Å²) in [5.41, 5.74) is 7.54. The van der Waals surface area contributed by atoms with Gasteiger partial charge in [-0.15, -0.1) is 0 Å². The van der Waals surface area contributed by atoms with Gasteiger partial charge < -0.3 is 20.7 Å². The summed E-state index contributed by atoms with van der Waals surface area (Å²) in [6, 6.07) is 18.1. The number of likely N-dealkylation sites (tertiary alicyclic amines) is 1. The molecule has 200 valence electrons. The number of hydrogen-bond donors (Lipinski definition) is 2. The Bertz CT molecular complexity index is 1200. The van der Waals surface area contributed by atoms with E-state index in [2.05, 4.69) is 10.4 Å². The van der Waals surface area contributed by atoms with Gasteiger partial charge in [-0.25, -0.2) is 5.01 Å². The molecule has 1 saturated heterocycles. The van der Waals surface area contributed by atoms with Crippen molar-refractivity contribution >= 4 is 23.4 Å². The quantitative estimate of drug-likeness (QED) is 0.467. The molecule has 3 atom stereocenters. The average Bonchev–Trinajstić information content (AvgIpc) is 3.16. The van der Waals surface area contributed by atoms with E-state index in [-0.39, 0.29) is 31.0 Å². The Labute approximate surface area is 223 Å². The number of carbonyl (C=O) groups is 3. The Balaban J connectivity index is 1.53. The third-order valence-electron chi connectivity index (χ3n) is 6.83. The van der Waals surface area contributed by atoms with Crippen LogP contribution in [0.25, 0.3) is 0 Å². The van der Waals surface area contributed by atoms with E-state index in [1.54, 1.807) is 24.9 Å². The molecule has 9 heteroatoms. The first-order chi connectivity index (χ1) is 18.3. The highest BCUT2D eigenvalue weighted by Gasteiger charge is 2.53. The molecule has 2 aliphatic heterocycles. The van der Waals surface area contributed by atoms with E-state index in [1.807, 2.05) is 60.7 Å². The van der Waals surface area contributed by atoms with E-state index < -0.39 is 17.4 Å². The van der Waals surface area contributed by atoms with E-state index in [0.717, 1.165) is 16.8 Å². The maximum absolute atomic E-state index is 13.8. The number of carbonyl (C=O) groups excluding carboxylic acids is 3. The minimum absolute atomic E-state index is 0.0114. The fraction of sp³-hybridized carbons (Fsp3) is 0.379. The summed E-state index contributed by atoms with van der Waals surface area (Å²) in [5.74, 6) is -0.858. The van der Waals surface area contributed by atoms with E-state index in [9.17, 15) is 14.4 Å². The van der Waals surface area contributed by atoms with Crippen LogP contribution in [0, 0.1) is 5.41 Å². The number of nitrogens with one attached hydrogen (secondary N) is 1. The van der Waals surface area contributed by atoms with Gasteiger partial charge in [-0.05, 0) is 24.5 Å². The number of hydrogen-bond acceptors (Lipinski definition) is 6. The fourth-order valence-electron chi connectivity index (χ4n) is 4.94. The lowest BCUT2D eigenvalue weighted by Crippen LogP contribution is -2.59. The average molecular weight is 518 g/mol. The molecule has 38 heavy (non-hydrogen) atoms. The molecular weight excluding hydrogens is 482 g/mol. The van der Waals surface area contributed by atoms with E-state index in [1.165, 1.54) is 11.1 Å². The predicted molar refractivity (Wildman–Crippen MR) is 145 cm³/mol. The normalized spacial score (nSPS) is 20.7. The lowest BCUT2D eigenvalue weighted by atomic mass is 9.73. The molecule has 3 unspecified atom stereocenters. The van der Waals surface area contributed by atoms with Crippen molar-refractivity contribution in [1.29, 1.82) is 0 Å². The van der Waals surface area contributed by atoms with Gasteiger partial charge >= 0.3 is 0 Å². The Morgan fingerprint density at radius 1 is 1.13 bits per heavy atom. The molecule has 2 heterocycles. The Hall–Kier alpha value is -3.82. The monoisotopic (exact) mass is 517 g/mol. The zero-order chi connectivity index (χ0) is 27.1. The summed E-state index contributed by atoms with van der Waals surface area (Å²) in [7, 11) is 1.65. The van der Waals surface area contributed by atoms with Crippen LogP contribution in [0.1, 0.15) is 24.5 Å². The maximum atomic E-state index is 13.8. The highest BCUT2D eigenvalue weighted by molar-refractivity contribution is 6.13. The summed E-state index contributed by atoms with van der Waals surface area (Å²) in [6.07, 6.45) is 3.81. The van der Waals surface area contributed by atoms with E-state index >= 15 is 0 Å². The first-order valence-corrected chi connectivity index (χ1v) is 12.8. The molecule has 0 aromatic heterocycles. The van der Waals surface area contributed by atoms with Crippen LogP contribution in [0.5, 0.6) is 0 Å². The second-order valence-corrected chi connectivity index (χ2v) is 9.91. The molecule has 0 radical (unpaired) electrons. The maximum Gasteiger partial charge on any atom is 0.256 e. The molecule has 0 saturated carbocycles. The molecule has 4 rings (SSSR count). The van der Waals surface area contributed by atoms with Crippen LogP contribution in [0.4, 0.5) is 0 Å².